The highest BCUT2D eigenvalue weighted by Gasteiger charge is 2.30. The van der Waals surface area contributed by atoms with Crippen molar-refractivity contribution in [2.45, 2.75) is 40.0 Å². The van der Waals surface area contributed by atoms with Crippen LogP contribution in [0.15, 0.2) is 18.2 Å². The number of carbonyl (C=O) groups excluding carboxylic acids is 2. The number of aryl methyl sites for hydroxylation is 1. The monoisotopic (exact) mass is 392 g/mol. The molecule has 144 valence electrons. The fourth-order valence-electron chi connectivity index (χ4n) is 3.39. The number of hydrogen-bond donors (Lipinski definition) is 2. The number of rotatable bonds is 3. The first-order chi connectivity index (χ1) is 12.6. The van der Waals surface area contributed by atoms with Crippen molar-refractivity contribution in [3.8, 4) is 0 Å². The summed E-state index contributed by atoms with van der Waals surface area (Å²) in [4.78, 5) is 25.4. The van der Waals surface area contributed by atoms with Gasteiger partial charge in [0.15, 0.2) is 0 Å². The Morgan fingerprint density at radius 3 is 2.52 bits per heavy atom. The number of fused-ring (bicyclic) bond motifs is 1. The van der Waals surface area contributed by atoms with Crippen molar-refractivity contribution in [2.75, 3.05) is 5.32 Å². The molecule has 1 heterocycles. The third-order valence-electron chi connectivity index (χ3n) is 5.10. The van der Waals surface area contributed by atoms with Gasteiger partial charge in [-0.2, -0.15) is 0 Å². The highest BCUT2D eigenvalue weighted by molar-refractivity contribution is 7.14. The fourth-order valence-corrected chi connectivity index (χ4v) is 4.50. The lowest BCUT2D eigenvalue weighted by Gasteiger charge is -2.33. The minimum atomic E-state index is -1.06. The van der Waals surface area contributed by atoms with Crippen LogP contribution >= 0.6 is 11.3 Å². The van der Waals surface area contributed by atoms with Crippen molar-refractivity contribution < 1.29 is 18.4 Å². The first kappa shape index (κ1) is 19.5. The van der Waals surface area contributed by atoms with Crippen molar-refractivity contribution in [1.82, 2.24) is 0 Å². The molecule has 7 heteroatoms. The number of nitrogens with two attached hydrogens (primary N) is 1. The summed E-state index contributed by atoms with van der Waals surface area (Å²) in [5.41, 5.74) is 5.70. The number of halogens is 2. The minimum absolute atomic E-state index is 0.199. The number of amides is 2. The zero-order chi connectivity index (χ0) is 19.9. The lowest BCUT2D eigenvalue weighted by atomic mass is 9.72. The molecule has 2 aromatic rings. The van der Waals surface area contributed by atoms with E-state index in [4.69, 9.17) is 5.73 Å². The van der Waals surface area contributed by atoms with Gasteiger partial charge in [-0.05, 0) is 48.3 Å². The van der Waals surface area contributed by atoms with Gasteiger partial charge in [-0.3, -0.25) is 9.59 Å². The highest BCUT2D eigenvalue weighted by Crippen LogP contribution is 2.40. The molecule has 27 heavy (non-hydrogen) atoms. The maximum absolute atomic E-state index is 14.0. The van der Waals surface area contributed by atoms with Crippen LogP contribution in [0, 0.1) is 23.0 Å². The molecule has 1 aromatic carbocycles. The maximum Gasteiger partial charge on any atom is 0.265 e. The van der Waals surface area contributed by atoms with Crippen LogP contribution in [0.2, 0.25) is 0 Å². The Labute approximate surface area is 160 Å². The van der Waals surface area contributed by atoms with E-state index >= 15 is 0 Å². The molecule has 0 spiro atoms. The van der Waals surface area contributed by atoms with Crippen LogP contribution in [0.4, 0.5) is 14.5 Å². The Morgan fingerprint density at radius 1 is 1.19 bits per heavy atom. The smallest absolute Gasteiger partial charge is 0.265 e. The molecule has 4 nitrogen and oxygen atoms in total. The lowest BCUT2D eigenvalue weighted by molar-refractivity contribution is 0.0992. The average Bonchev–Trinajstić information content (AvgIpc) is 2.99. The van der Waals surface area contributed by atoms with Crippen LogP contribution in [0.1, 0.15) is 57.7 Å². The van der Waals surface area contributed by atoms with Crippen molar-refractivity contribution in [3.63, 3.8) is 0 Å². The molecule has 1 aliphatic rings. The molecule has 0 bridgehead atoms. The highest BCUT2D eigenvalue weighted by atomic mass is 32.1. The molecule has 0 saturated carbocycles. The van der Waals surface area contributed by atoms with Crippen LogP contribution in [-0.2, 0) is 12.8 Å². The number of anilines is 1. The van der Waals surface area contributed by atoms with Gasteiger partial charge in [0, 0.05) is 10.9 Å². The van der Waals surface area contributed by atoms with E-state index in [9.17, 15) is 18.4 Å². The Morgan fingerprint density at radius 2 is 1.89 bits per heavy atom. The second kappa shape index (κ2) is 7.03. The van der Waals surface area contributed by atoms with Gasteiger partial charge in [0.25, 0.3) is 11.8 Å². The lowest BCUT2D eigenvalue weighted by Crippen LogP contribution is -2.26. The summed E-state index contributed by atoms with van der Waals surface area (Å²) in [6, 6.07) is 3.32. The van der Waals surface area contributed by atoms with Crippen molar-refractivity contribution in [3.05, 3.63) is 50.7 Å². The first-order valence-electron chi connectivity index (χ1n) is 8.78. The number of hydrogen-bond acceptors (Lipinski definition) is 3. The number of primary amides is 1. The van der Waals surface area contributed by atoms with Gasteiger partial charge in [-0.25, -0.2) is 8.78 Å². The topological polar surface area (TPSA) is 72.2 Å². The molecule has 1 aromatic heterocycles. The zero-order valence-electron chi connectivity index (χ0n) is 15.5. The quantitative estimate of drug-likeness (QED) is 0.806. The van der Waals surface area contributed by atoms with E-state index in [1.54, 1.807) is 0 Å². The third-order valence-corrected chi connectivity index (χ3v) is 6.34. The summed E-state index contributed by atoms with van der Waals surface area (Å²) in [5, 5.41) is 2.42. The number of thiophene rings is 1. The van der Waals surface area contributed by atoms with Gasteiger partial charge in [0.1, 0.15) is 11.6 Å². The van der Waals surface area contributed by atoms with Crippen LogP contribution < -0.4 is 11.1 Å². The first-order valence-corrected chi connectivity index (χ1v) is 9.59. The largest absolute Gasteiger partial charge is 0.366 e. The van der Waals surface area contributed by atoms with Crippen molar-refractivity contribution in [1.29, 1.82) is 0 Å². The Hall–Kier alpha value is -2.28. The molecule has 0 saturated heterocycles. The van der Waals surface area contributed by atoms with E-state index in [1.807, 2.05) is 6.07 Å². The standard InChI is InChI=1S/C20H22F2N2O2S/c1-20(2,3)11-4-5-16-10(6-11)7-17(27-16)19(26)24-15-8-12(18(23)25)13(21)9-14(15)22/h7-9,11H,4-6H2,1-3H3,(H2,23,25)(H,24,26). The maximum atomic E-state index is 14.0. The number of benzene rings is 1. The van der Waals surface area contributed by atoms with Gasteiger partial charge in [0.2, 0.25) is 0 Å². The Balaban J connectivity index is 1.82. The summed E-state index contributed by atoms with van der Waals surface area (Å²) < 4.78 is 27.6. The van der Waals surface area contributed by atoms with Gasteiger partial charge < -0.3 is 11.1 Å². The van der Waals surface area contributed by atoms with Crippen LogP contribution in [-0.4, -0.2) is 11.8 Å². The van der Waals surface area contributed by atoms with Gasteiger partial charge in [0.05, 0.1) is 16.1 Å². The Bertz CT molecular complexity index is 915. The molecular formula is C20H22F2N2O2S. The van der Waals surface area contributed by atoms with Gasteiger partial charge >= 0.3 is 0 Å². The predicted molar refractivity (Wildman–Crippen MR) is 102 cm³/mol. The zero-order valence-corrected chi connectivity index (χ0v) is 16.3. The summed E-state index contributed by atoms with van der Waals surface area (Å²) >= 11 is 1.39. The predicted octanol–water partition coefficient (Wildman–Crippen LogP) is 4.53. The summed E-state index contributed by atoms with van der Waals surface area (Å²) in [7, 11) is 0. The summed E-state index contributed by atoms with van der Waals surface area (Å²) in [5.74, 6) is -2.98. The third kappa shape index (κ3) is 4.03. The molecule has 3 rings (SSSR count). The van der Waals surface area contributed by atoms with E-state index in [1.165, 1.54) is 16.2 Å². The molecule has 0 aliphatic heterocycles. The second-order valence-electron chi connectivity index (χ2n) is 8.00. The van der Waals surface area contributed by atoms with Crippen LogP contribution in [0.3, 0.4) is 0 Å². The van der Waals surface area contributed by atoms with E-state index in [2.05, 4.69) is 26.1 Å². The van der Waals surface area contributed by atoms with E-state index in [0.717, 1.165) is 30.9 Å². The SMILES string of the molecule is CC(C)(C)C1CCc2sc(C(=O)Nc3cc(C(N)=O)c(F)cc3F)cc2C1. The normalized spacial score (nSPS) is 16.7. The molecule has 1 aliphatic carbocycles. The van der Waals surface area contributed by atoms with Gasteiger partial charge in [-0.15, -0.1) is 11.3 Å². The minimum Gasteiger partial charge on any atom is -0.366 e. The van der Waals surface area contributed by atoms with Gasteiger partial charge in [-0.1, -0.05) is 20.8 Å². The van der Waals surface area contributed by atoms with Crippen LogP contribution in [0.5, 0.6) is 0 Å². The molecule has 1 unspecified atom stereocenters. The number of nitrogens with one attached hydrogen (secondary N) is 1. The molecular weight excluding hydrogens is 370 g/mol. The summed E-state index contributed by atoms with van der Waals surface area (Å²) in [6.07, 6.45) is 2.91. The molecule has 0 radical (unpaired) electrons. The van der Waals surface area contributed by atoms with Crippen molar-refractivity contribution >= 4 is 28.8 Å². The van der Waals surface area contributed by atoms with E-state index in [-0.39, 0.29) is 11.1 Å². The molecule has 3 N–H and O–H groups in total. The van der Waals surface area contributed by atoms with Crippen molar-refractivity contribution in [2.24, 2.45) is 17.1 Å². The summed E-state index contributed by atoms with van der Waals surface area (Å²) in [6.45, 7) is 6.66. The van der Waals surface area contributed by atoms with E-state index < -0.39 is 29.0 Å². The van der Waals surface area contributed by atoms with E-state index in [0.29, 0.717) is 16.9 Å². The molecule has 1 atom stereocenters. The molecule has 0 fully saturated rings. The Kier molecular flexibility index (Phi) is 5.08. The number of carbonyl (C=O) groups is 2. The van der Waals surface area contributed by atoms with Crippen LogP contribution in [0.25, 0.3) is 0 Å². The fraction of sp³-hybridized carbons (Fsp3) is 0.400. The second-order valence-corrected chi connectivity index (χ2v) is 9.13. The molecule has 2 amide bonds. The average molecular weight is 392 g/mol.